The van der Waals surface area contributed by atoms with Gasteiger partial charge in [-0.1, -0.05) is 42.8 Å². The van der Waals surface area contributed by atoms with E-state index in [1.54, 1.807) is 42.5 Å². The summed E-state index contributed by atoms with van der Waals surface area (Å²) < 4.78 is 28.1. The third-order valence-corrected chi connectivity index (χ3v) is 7.66. The smallest absolute Gasteiger partial charge is 0.264 e. The Morgan fingerprint density at radius 2 is 1.77 bits per heavy atom. The summed E-state index contributed by atoms with van der Waals surface area (Å²) in [6.07, 6.45) is 1.39. The van der Waals surface area contributed by atoms with Crippen molar-refractivity contribution < 1.29 is 13.2 Å². The molecule has 1 atom stereocenters. The number of fused-ring (bicyclic) bond motifs is 1. The Labute approximate surface area is 183 Å². The van der Waals surface area contributed by atoms with Crippen LogP contribution in [-0.4, -0.2) is 20.4 Å². The molecule has 3 aromatic rings. The van der Waals surface area contributed by atoms with Gasteiger partial charge < -0.3 is 5.32 Å². The summed E-state index contributed by atoms with van der Waals surface area (Å²) >= 11 is 0. The van der Waals surface area contributed by atoms with Gasteiger partial charge in [-0.2, -0.15) is 0 Å². The van der Waals surface area contributed by atoms with Gasteiger partial charge in [0.25, 0.3) is 15.9 Å². The molecule has 0 unspecified atom stereocenters. The van der Waals surface area contributed by atoms with Gasteiger partial charge in [-0.25, -0.2) is 8.42 Å². The number of carbonyl (C=O) groups excluding carboxylic acids is 1. The normalized spacial score (nSPS) is 15.6. The van der Waals surface area contributed by atoms with E-state index in [2.05, 4.69) is 5.32 Å². The summed E-state index contributed by atoms with van der Waals surface area (Å²) in [5, 5.41) is 2.98. The molecule has 3 aromatic carbocycles. The number of nitrogens with one attached hydrogen (secondary N) is 1. The lowest BCUT2D eigenvalue weighted by Gasteiger charge is -2.24. The third-order valence-electron chi connectivity index (χ3n) is 5.72. The molecule has 4 rings (SSSR count). The highest BCUT2D eigenvalue weighted by atomic mass is 32.2. The fourth-order valence-electron chi connectivity index (χ4n) is 4.08. The molecule has 0 saturated carbocycles. The molecule has 5 nitrogen and oxygen atoms in total. The van der Waals surface area contributed by atoms with Gasteiger partial charge in [0.05, 0.1) is 10.6 Å². The van der Waals surface area contributed by atoms with Gasteiger partial charge in [0.2, 0.25) is 0 Å². The summed E-state index contributed by atoms with van der Waals surface area (Å²) in [4.78, 5) is 13.1. The maximum Gasteiger partial charge on any atom is 0.264 e. The number of para-hydroxylation sites is 1. The van der Waals surface area contributed by atoms with Crippen molar-refractivity contribution in [2.75, 3.05) is 9.62 Å². The minimum atomic E-state index is -3.68. The number of amides is 1. The molecule has 6 heteroatoms. The van der Waals surface area contributed by atoms with Crippen molar-refractivity contribution in [1.29, 1.82) is 0 Å². The van der Waals surface area contributed by atoms with Crippen LogP contribution in [0.1, 0.15) is 40.9 Å². The lowest BCUT2D eigenvalue weighted by molar-refractivity contribution is 0.102. The Bertz CT molecular complexity index is 1230. The maximum absolute atomic E-state index is 13.3. The number of hydrogen-bond acceptors (Lipinski definition) is 3. The first-order valence-corrected chi connectivity index (χ1v) is 11.9. The topological polar surface area (TPSA) is 66.5 Å². The van der Waals surface area contributed by atoms with E-state index in [4.69, 9.17) is 0 Å². The Kier molecular flexibility index (Phi) is 5.58. The minimum Gasteiger partial charge on any atom is -0.322 e. The first-order valence-electron chi connectivity index (χ1n) is 10.4. The van der Waals surface area contributed by atoms with Crippen molar-refractivity contribution in [3.63, 3.8) is 0 Å². The van der Waals surface area contributed by atoms with E-state index in [0.29, 0.717) is 17.7 Å². The fourth-order valence-corrected chi connectivity index (χ4v) is 5.77. The molecule has 160 valence electrons. The van der Waals surface area contributed by atoms with Gasteiger partial charge in [0, 0.05) is 17.3 Å². The third kappa shape index (κ3) is 3.95. The number of sulfonamides is 1. The van der Waals surface area contributed by atoms with E-state index in [1.807, 2.05) is 45.0 Å². The SMILES string of the molecule is CCc1ccccc1NC(=O)c1ccc2c(c1)C[C@@H](C)N2S(=O)(=O)c1ccc(C)cc1. The zero-order chi connectivity index (χ0) is 22.2. The molecular weight excluding hydrogens is 408 g/mol. The number of benzene rings is 3. The zero-order valence-electron chi connectivity index (χ0n) is 17.9. The number of hydrogen-bond donors (Lipinski definition) is 1. The van der Waals surface area contributed by atoms with Crippen LogP contribution in [0.3, 0.4) is 0 Å². The molecule has 1 amide bonds. The molecule has 1 aliphatic rings. The Balaban J connectivity index is 1.63. The predicted octanol–water partition coefficient (Wildman–Crippen LogP) is 4.95. The molecule has 0 spiro atoms. The summed E-state index contributed by atoms with van der Waals surface area (Å²) in [7, 11) is -3.68. The number of aryl methyl sites for hydroxylation is 2. The second-order valence-corrected chi connectivity index (χ2v) is 9.79. The molecular formula is C25H26N2O3S. The van der Waals surface area contributed by atoms with Gasteiger partial charge in [-0.15, -0.1) is 0 Å². The number of anilines is 2. The monoisotopic (exact) mass is 434 g/mol. The summed E-state index contributed by atoms with van der Waals surface area (Å²) in [6.45, 7) is 5.86. The second kappa shape index (κ2) is 8.19. The highest BCUT2D eigenvalue weighted by molar-refractivity contribution is 7.92. The van der Waals surface area contributed by atoms with Crippen molar-refractivity contribution in [2.45, 2.75) is 44.6 Å². The van der Waals surface area contributed by atoms with Crippen LogP contribution >= 0.6 is 0 Å². The number of nitrogens with zero attached hydrogens (tertiary/aromatic N) is 1. The van der Waals surface area contributed by atoms with E-state index in [0.717, 1.165) is 28.8 Å². The first-order chi connectivity index (χ1) is 14.8. The van der Waals surface area contributed by atoms with Crippen molar-refractivity contribution >= 4 is 27.3 Å². The van der Waals surface area contributed by atoms with Crippen LogP contribution in [-0.2, 0) is 22.9 Å². The molecule has 0 fully saturated rings. The van der Waals surface area contributed by atoms with Crippen LogP contribution in [0.2, 0.25) is 0 Å². The summed E-state index contributed by atoms with van der Waals surface area (Å²) in [5.41, 5.74) is 4.90. The molecule has 0 aromatic heterocycles. The second-order valence-electron chi connectivity index (χ2n) is 7.98. The Hall–Kier alpha value is -3.12. The molecule has 31 heavy (non-hydrogen) atoms. The minimum absolute atomic E-state index is 0.198. The van der Waals surface area contributed by atoms with E-state index in [9.17, 15) is 13.2 Å². The zero-order valence-corrected chi connectivity index (χ0v) is 18.7. The molecule has 1 aliphatic heterocycles. The molecule has 1 N–H and O–H groups in total. The number of rotatable bonds is 5. The average molecular weight is 435 g/mol. The molecule has 0 bridgehead atoms. The van der Waals surface area contributed by atoms with Crippen LogP contribution in [0.15, 0.2) is 71.6 Å². The van der Waals surface area contributed by atoms with Gasteiger partial charge in [-0.05, 0) is 74.2 Å². The maximum atomic E-state index is 13.3. The van der Waals surface area contributed by atoms with Crippen LogP contribution < -0.4 is 9.62 Å². The van der Waals surface area contributed by atoms with Crippen LogP contribution in [0, 0.1) is 6.92 Å². The fraction of sp³-hybridized carbons (Fsp3) is 0.240. The summed E-state index contributed by atoms with van der Waals surface area (Å²) in [5.74, 6) is -0.198. The molecule has 0 radical (unpaired) electrons. The lowest BCUT2D eigenvalue weighted by Crippen LogP contribution is -2.35. The van der Waals surface area contributed by atoms with Gasteiger partial charge in [0.1, 0.15) is 0 Å². The average Bonchev–Trinajstić information content (AvgIpc) is 3.10. The van der Waals surface area contributed by atoms with Gasteiger partial charge >= 0.3 is 0 Å². The van der Waals surface area contributed by atoms with Crippen molar-refractivity contribution in [2.24, 2.45) is 0 Å². The standard InChI is InChI=1S/C25H26N2O3S/c1-4-19-7-5-6-8-23(19)26-25(28)20-11-14-24-21(16-20)15-18(3)27(24)31(29,30)22-12-9-17(2)10-13-22/h5-14,16,18H,4,15H2,1-3H3,(H,26,28)/t18-/m1/s1. The van der Waals surface area contributed by atoms with Crippen LogP contribution in [0.5, 0.6) is 0 Å². The van der Waals surface area contributed by atoms with E-state index in [-0.39, 0.29) is 16.8 Å². The van der Waals surface area contributed by atoms with Gasteiger partial charge in [-0.3, -0.25) is 9.10 Å². The van der Waals surface area contributed by atoms with Crippen molar-refractivity contribution in [3.05, 3.63) is 89.0 Å². The van der Waals surface area contributed by atoms with Crippen LogP contribution in [0.4, 0.5) is 11.4 Å². The van der Waals surface area contributed by atoms with E-state index < -0.39 is 10.0 Å². The van der Waals surface area contributed by atoms with Crippen molar-refractivity contribution in [3.8, 4) is 0 Å². The number of carbonyl (C=O) groups is 1. The first kappa shape index (κ1) is 21.1. The molecule has 0 aliphatic carbocycles. The lowest BCUT2D eigenvalue weighted by atomic mass is 10.1. The van der Waals surface area contributed by atoms with Crippen LogP contribution in [0.25, 0.3) is 0 Å². The predicted molar refractivity (Wildman–Crippen MR) is 124 cm³/mol. The van der Waals surface area contributed by atoms with E-state index >= 15 is 0 Å². The highest BCUT2D eigenvalue weighted by Gasteiger charge is 2.36. The largest absolute Gasteiger partial charge is 0.322 e. The highest BCUT2D eigenvalue weighted by Crippen LogP contribution is 2.37. The molecule has 0 saturated heterocycles. The molecule has 1 heterocycles. The van der Waals surface area contributed by atoms with E-state index in [1.165, 1.54) is 4.31 Å². The Morgan fingerprint density at radius 3 is 2.48 bits per heavy atom. The van der Waals surface area contributed by atoms with Crippen molar-refractivity contribution in [1.82, 2.24) is 0 Å². The van der Waals surface area contributed by atoms with Gasteiger partial charge in [0.15, 0.2) is 0 Å². The summed E-state index contributed by atoms with van der Waals surface area (Å²) in [6, 6.07) is 19.6. The quantitative estimate of drug-likeness (QED) is 0.618. The Morgan fingerprint density at radius 1 is 1.06 bits per heavy atom.